The molecule has 0 N–H and O–H groups in total. The molecule has 0 heterocycles. The molecule has 40 heavy (non-hydrogen) atoms. The number of ketones is 2. The van der Waals surface area contributed by atoms with Gasteiger partial charge in [0, 0.05) is 23.6 Å². The number of hydrogen-bond acceptors (Lipinski definition) is 4. The van der Waals surface area contributed by atoms with E-state index in [2.05, 4.69) is 34.3 Å². The summed E-state index contributed by atoms with van der Waals surface area (Å²) in [5, 5.41) is 0. The molecule has 0 spiro atoms. The molecule has 2 aliphatic carbocycles. The van der Waals surface area contributed by atoms with Gasteiger partial charge in [-0.1, -0.05) is 118 Å². The van der Waals surface area contributed by atoms with Crippen LogP contribution in [0.1, 0.15) is 94.3 Å². The number of carbonyl (C=O) groups excluding carboxylic acids is 2. The lowest BCUT2D eigenvalue weighted by atomic mass is 9.97. The average Bonchev–Trinajstić information content (AvgIpc) is 3.69. The third-order valence-electron chi connectivity index (χ3n) is 8.41. The Balaban J connectivity index is 1.08. The summed E-state index contributed by atoms with van der Waals surface area (Å²) in [4.78, 5) is 34.0. The van der Waals surface area contributed by atoms with Gasteiger partial charge >= 0.3 is 0 Å². The van der Waals surface area contributed by atoms with Crippen LogP contribution in [0.2, 0.25) is 0 Å². The molecule has 206 valence electrons. The molecule has 0 radical (unpaired) electrons. The second-order valence-corrected chi connectivity index (χ2v) is 11.6. The average molecular weight is 533 g/mol. The molecular weight excluding hydrogens is 492 g/mol. The molecule has 5 rings (SSSR count). The summed E-state index contributed by atoms with van der Waals surface area (Å²) >= 11 is 0. The van der Waals surface area contributed by atoms with Crippen molar-refractivity contribution >= 4 is 24.0 Å². The van der Waals surface area contributed by atoms with E-state index in [0.717, 1.165) is 35.8 Å². The van der Waals surface area contributed by atoms with Crippen LogP contribution >= 0.6 is 0 Å². The van der Waals surface area contributed by atoms with Crippen LogP contribution in [0.15, 0.2) is 82.8 Å². The summed E-state index contributed by atoms with van der Waals surface area (Å²) in [6, 6.07) is 23.9. The van der Waals surface area contributed by atoms with Crippen LogP contribution in [-0.4, -0.2) is 37.1 Å². The van der Waals surface area contributed by atoms with Crippen molar-refractivity contribution in [3.05, 3.63) is 106 Å². The standard InChI is InChI=1S/C36H40N2O2/c39-35(33-16-12-29(13-17-33)20-27-6-1-2-7-27)25-37-23-31-10-5-11-32(22-31)24-38-26-36(40)34-18-14-30(15-19-34)21-28-8-3-4-9-28/h5,10-19,22-24,27-28H,1-4,6-9,20-21,25-26H2. The maximum atomic E-state index is 12.6. The fraction of sp³-hybridized carbons (Fsp3) is 0.389. The summed E-state index contributed by atoms with van der Waals surface area (Å²) in [5.41, 5.74) is 5.85. The van der Waals surface area contributed by atoms with Crippen molar-refractivity contribution in [1.82, 2.24) is 0 Å². The molecule has 0 bridgehead atoms. The lowest BCUT2D eigenvalue weighted by Gasteiger charge is -2.09. The number of Topliss-reactive ketones (excluding diaryl/α,β-unsaturated/α-hetero) is 2. The maximum absolute atomic E-state index is 12.6. The van der Waals surface area contributed by atoms with Crippen LogP contribution in [0.4, 0.5) is 0 Å². The van der Waals surface area contributed by atoms with Crippen molar-refractivity contribution in [3.63, 3.8) is 0 Å². The summed E-state index contributed by atoms with van der Waals surface area (Å²) in [5.74, 6) is 1.64. The van der Waals surface area contributed by atoms with Gasteiger partial charge in [-0.2, -0.15) is 0 Å². The molecule has 3 aromatic carbocycles. The van der Waals surface area contributed by atoms with Gasteiger partial charge in [-0.25, -0.2) is 0 Å². The Morgan fingerprint density at radius 3 is 1.40 bits per heavy atom. The first-order chi connectivity index (χ1) is 19.6. The minimum absolute atomic E-state index is 0.0199. The van der Waals surface area contributed by atoms with E-state index >= 15 is 0 Å². The molecular formula is C36H40N2O2. The highest BCUT2D eigenvalue weighted by molar-refractivity contribution is 5.99. The fourth-order valence-electron chi connectivity index (χ4n) is 6.12. The number of nitrogens with zero attached hydrogens (tertiary/aromatic N) is 2. The zero-order valence-electron chi connectivity index (χ0n) is 23.4. The van der Waals surface area contributed by atoms with Gasteiger partial charge in [0.2, 0.25) is 0 Å². The van der Waals surface area contributed by atoms with Gasteiger partial charge in [0.25, 0.3) is 0 Å². The van der Waals surface area contributed by atoms with Gasteiger partial charge in [0.1, 0.15) is 13.1 Å². The van der Waals surface area contributed by atoms with Crippen LogP contribution < -0.4 is 0 Å². The second-order valence-electron chi connectivity index (χ2n) is 11.6. The monoisotopic (exact) mass is 532 g/mol. The Bertz CT molecular complexity index is 1230. The Labute approximate surface area is 238 Å². The molecule has 0 unspecified atom stereocenters. The quantitative estimate of drug-likeness (QED) is 0.177. The van der Waals surface area contributed by atoms with Crippen LogP contribution in [0.25, 0.3) is 0 Å². The molecule has 0 amide bonds. The van der Waals surface area contributed by atoms with Crippen LogP contribution in [-0.2, 0) is 12.8 Å². The highest BCUT2D eigenvalue weighted by Crippen LogP contribution is 2.29. The molecule has 0 atom stereocenters. The maximum Gasteiger partial charge on any atom is 0.184 e. The van der Waals surface area contributed by atoms with Gasteiger partial charge in [-0.3, -0.25) is 19.6 Å². The smallest absolute Gasteiger partial charge is 0.184 e. The first-order valence-electron chi connectivity index (χ1n) is 15.0. The normalized spacial score (nSPS) is 16.4. The van der Waals surface area contributed by atoms with Crippen LogP contribution in [0.5, 0.6) is 0 Å². The van der Waals surface area contributed by atoms with Crippen LogP contribution in [0, 0.1) is 11.8 Å². The van der Waals surface area contributed by atoms with E-state index in [9.17, 15) is 9.59 Å². The van der Waals surface area contributed by atoms with Crippen molar-refractivity contribution in [2.24, 2.45) is 21.8 Å². The van der Waals surface area contributed by atoms with E-state index in [1.165, 1.54) is 62.5 Å². The lowest BCUT2D eigenvalue weighted by Crippen LogP contribution is -2.05. The first-order valence-corrected chi connectivity index (χ1v) is 15.0. The van der Waals surface area contributed by atoms with Gasteiger partial charge in [0.05, 0.1) is 0 Å². The molecule has 0 aromatic heterocycles. The lowest BCUT2D eigenvalue weighted by molar-refractivity contribution is 0.0994. The zero-order valence-corrected chi connectivity index (χ0v) is 23.4. The zero-order chi connectivity index (χ0) is 27.6. The largest absolute Gasteiger partial charge is 0.292 e. The Morgan fingerprint density at radius 1 is 0.600 bits per heavy atom. The van der Waals surface area contributed by atoms with Gasteiger partial charge in [-0.05, 0) is 53.0 Å². The van der Waals surface area contributed by atoms with E-state index in [0.29, 0.717) is 11.1 Å². The van der Waals surface area contributed by atoms with Crippen molar-refractivity contribution in [2.45, 2.75) is 64.2 Å². The molecule has 2 fully saturated rings. The fourth-order valence-corrected chi connectivity index (χ4v) is 6.12. The van der Waals surface area contributed by atoms with E-state index in [-0.39, 0.29) is 24.7 Å². The predicted octanol–water partition coefficient (Wildman–Crippen LogP) is 7.76. The molecule has 0 aliphatic heterocycles. The van der Waals surface area contributed by atoms with Gasteiger partial charge < -0.3 is 0 Å². The van der Waals surface area contributed by atoms with Crippen molar-refractivity contribution < 1.29 is 9.59 Å². The molecule has 4 heteroatoms. The third kappa shape index (κ3) is 8.17. The van der Waals surface area contributed by atoms with E-state index in [1.54, 1.807) is 12.4 Å². The highest BCUT2D eigenvalue weighted by atomic mass is 16.1. The topological polar surface area (TPSA) is 58.9 Å². The Hall–Kier alpha value is -3.66. The van der Waals surface area contributed by atoms with Crippen molar-refractivity contribution in [2.75, 3.05) is 13.1 Å². The number of benzene rings is 3. The van der Waals surface area contributed by atoms with E-state index in [1.807, 2.05) is 48.5 Å². The summed E-state index contributed by atoms with van der Waals surface area (Å²) in [7, 11) is 0. The minimum Gasteiger partial charge on any atom is -0.292 e. The second kappa shape index (κ2) is 14.1. The molecule has 3 aromatic rings. The van der Waals surface area contributed by atoms with Gasteiger partial charge in [-0.15, -0.1) is 0 Å². The summed E-state index contributed by atoms with van der Waals surface area (Å²) < 4.78 is 0. The SMILES string of the molecule is O=C(CN=Cc1cccc(C=NCC(=O)c2ccc(CC3CCCC3)cc2)c1)c1ccc(CC2CCCC2)cc1. The number of hydrogen-bond donors (Lipinski definition) is 0. The van der Waals surface area contributed by atoms with Crippen LogP contribution in [0.3, 0.4) is 0 Å². The number of aliphatic imine (C=N–C) groups is 2. The van der Waals surface area contributed by atoms with E-state index in [4.69, 9.17) is 0 Å². The molecule has 0 saturated heterocycles. The molecule has 2 saturated carbocycles. The predicted molar refractivity (Wildman–Crippen MR) is 164 cm³/mol. The third-order valence-corrected chi connectivity index (χ3v) is 8.41. The van der Waals surface area contributed by atoms with E-state index < -0.39 is 0 Å². The minimum atomic E-state index is 0.0199. The Morgan fingerprint density at radius 2 is 1.00 bits per heavy atom. The summed E-state index contributed by atoms with van der Waals surface area (Å²) in [6.45, 7) is 0.239. The van der Waals surface area contributed by atoms with Gasteiger partial charge in [0.15, 0.2) is 11.6 Å². The highest BCUT2D eigenvalue weighted by Gasteiger charge is 2.16. The molecule has 2 aliphatic rings. The first kappa shape index (κ1) is 27.9. The van der Waals surface area contributed by atoms with Crippen molar-refractivity contribution in [1.29, 1.82) is 0 Å². The van der Waals surface area contributed by atoms with Crippen molar-refractivity contribution in [3.8, 4) is 0 Å². The number of carbonyl (C=O) groups is 2. The Kier molecular flexibility index (Phi) is 9.84. The number of rotatable bonds is 12. The molecule has 4 nitrogen and oxygen atoms in total. The summed E-state index contributed by atoms with van der Waals surface area (Å²) in [6.07, 6.45) is 16.4.